The van der Waals surface area contributed by atoms with Gasteiger partial charge in [0, 0.05) is 25.3 Å². The van der Waals surface area contributed by atoms with Gasteiger partial charge in [-0.1, -0.05) is 0 Å². The maximum Gasteiger partial charge on any atom is 0.433 e. The van der Waals surface area contributed by atoms with Crippen LogP contribution in [0.3, 0.4) is 0 Å². The second-order valence-corrected chi connectivity index (χ2v) is 7.27. The molecule has 1 atom stereocenters. The summed E-state index contributed by atoms with van der Waals surface area (Å²) in [5, 5.41) is 6.89. The SMILES string of the molecule is NC(Cc1cc(F)ccc1F)C1CCN(C(=O)c2ccc(C(F)(F)F)nc2)CC1.O=CO. The van der Waals surface area contributed by atoms with Crippen molar-refractivity contribution in [3.63, 3.8) is 0 Å². The maximum atomic E-state index is 13.8. The molecule has 0 spiro atoms. The van der Waals surface area contributed by atoms with Gasteiger partial charge < -0.3 is 15.7 Å². The zero-order valence-electron chi connectivity index (χ0n) is 16.9. The molecule has 0 radical (unpaired) electrons. The normalized spacial score (nSPS) is 15.5. The van der Waals surface area contributed by atoms with Crippen LogP contribution in [0.15, 0.2) is 36.5 Å². The Hall–Kier alpha value is -3.08. The third kappa shape index (κ3) is 6.71. The summed E-state index contributed by atoms with van der Waals surface area (Å²) >= 11 is 0. The molecule has 2 aromatic rings. The lowest BCUT2D eigenvalue weighted by atomic mass is 9.86. The number of amides is 1. The van der Waals surface area contributed by atoms with E-state index < -0.39 is 35.5 Å². The third-order valence-corrected chi connectivity index (χ3v) is 5.20. The Bertz CT molecular complexity index is 914. The number of hydrogen-bond donors (Lipinski definition) is 2. The van der Waals surface area contributed by atoms with Gasteiger partial charge in [0.25, 0.3) is 12.4 Å². The highest BCUT2D eigenvalue weighted by molar-refractivity contribution is 5.94. The van der Waals surface area contributed by atoms with Gasteiger partial charge in [-0.3, -0.25) is 14.6 Å². The number of carbonyl (C=O) groups is 2. The Morgan fingerprint density at radius 2 is 1.84 bits per heavy atom. The molecule has 1 aliphatic heterocycles. The Labute approximate surface area is 180 Å². The van der Waals surface area contributed by atoms with E-state index in [0.717, 1.165) is 36.5 Å². The highest BCUT2D eigenvalue weighted by Gasteiger charge is 2.33. The van der Waals surface area contributed by atoms with Crippen LogP contribution in [0.5, 0.6) is 0 Å². The zero-order chi connectivity index (χ0) is 23.9. The number of carboxylic acid groups (broad SMARTS) is 1. The minimum atomic E-state index is -4.56. The summed E-state index contributed by atoms with van der Waals surface area (Å²) < 4.78 is 64.9. The van der Waals surface area contributed by atoms with E-state index in [1.165, 1.54) is 4.90 Å². The van der Waals surface area contributed by atoms with E-state index in [-0.39, 0.29) is 29.9 Å². The molecular weight excluding hydrogens is 437 g/mol. The van der Waals surface area contributed by atoms with Gasteiger partial charge in [-0.05, 0) is 61.1 Å². The number of benzene rings is 1. The van der Waals surface area contributed by atoms with Crippen molar-refractivity contribution in [3.05, 3.63) is 65.0 Å². The largest absolute Gasteiger partial charge is 0.483 e. The molecule has 11 heteroatoms. The van der Waals surface area contributed by atoms with Crippen LogP contribution in [0.4, 0.5) is 22.0 Å². The molecule has 0 aliphatic carbocycles. The van der Waals surface area contributed by atoms with Crippen LogP contribution in [0, 0.1) is 17.6 Å². The van der Waals surface area contributed by atoms with Crippen LogP contribution in [-0.2, 0) is 17.4 Å². The molecule has 32 heavy (non-hydrogen) atoms. The maximum absolute atomic E-state index is 13.8. The summed E-state index contributed by atoms with van der Waals surface area (Å²) in [7, 11) is 0. The summed E-state index contributed by atoms with van der Waals surface area (Å²) in [6.07, 6.45) is -2.31. The Morgan fingerprint density at radius 3 is 2.38 bits per heavy atom. The fourth-order valence-electron chi connectivity index (χ4n) is 3.52. The molecule has 3 N–H and O–H groups in total. The number of nitrogens with zero attached hydrogens (tertiary/aromatic N) is 2. The monoisotopic (exact) mass is 459 g/mol. The molecule has 174 valence electrons. The van der Waals surface area contributed by atoms with Crippen molar-refractivity contribution in [2.45, 2.75) is 31.5 Å². The summed E-state index contributed by atoms with van der Waals surface area (Å²) in [5.41, 5.74) is 5.43. The second-order valence-electron chi connectivity index (χ2n) is 7.27. The first-order chi connectivity index (χ1) is 15.1. The van der Waals surface area contributed by atoms with E-state index in [1.807, 2.05) is 0 Å². The average Bonchev–Trinajstić information content (AvgIpc) is 2.76. The highest BCUT2D eigenvalue weighted by atomic mass is 19.4. The average molecular weight is 459 g/mol. The Morgan fingerprint density at radius 1 is 1.22 bits per heavy atom. The van der Waals surface area contributed by atoms with E-state index in [1.54, 1.807) is 0 Å². The van der Waals surface area contributed by atoms with Gasteiger partial charge in [0.2, 0.25) is 0 Å². The molecule has 1 saturated heterocycles. The number of rotatable bonds is 4. The number of pyridine rings is 1. The number of alkyl halides is 3. The third-order valence-electron chi connectivity index (χ3n) is 5.20. The summed E-state index contributed by atoms with van der Waals surface area (Å²) in [4.78, 5) is 25.7. The van der Waals surface area contributed by atoms with Gasteiger partial charge in [0.15, 0.2) is 0 Å². The number of aromatic nitrogens is 1. The Balaban J connectivity index is 0.00000114. The van der Waals surface area contributed by atoms with E-state index in [4.69, 9.17) is 15.6 Å². The highest BCUT2D eigenvalue weighted by Crippen LogP contribution is 2.28. The lowest BCUT2D eigenvalue weighted by Crippen LogP contribution is -2.44. The Kier molecular flexibility index (Phi) is 8.64. The molecule has 1 aliphatic rings. The minimum absolute atomic E-state index is 0.0208. The van der Waals surface area contributed by atoms with Crippen LogP contribution in [0.2, 0.25) is 0 Å². The minimum Gasteiger partial charge on any atom is -0.483 e. The number of halogens is 5. The lowest BCUT2D eigenvalue weighted by Gasteiger charge is -2.35. The molecule has 1 aromatic carbocycles. The van der Waals surface area contributed by atoms with Crippen molar-refractivity contribution >= 4 is 12.4 Å². The fourth-order valence-corrected chi connectivity index (χ4v) is 3.52. The number of likely N-dealkylation sites (tertiary alicyclic amines) is 1. The standard InChI is InChI=1S/C20H20F5N3O.CH2O2/c21-15-2-3-16(22)14(9-15)10-17(26)12-5-7-28(8-6-12)19(29)13-1-4-18(27-11-13)20(23,24)25;2-1-3/h1-4,9,11-12,17H,5-8,10,26H2;1H,(H,2,3). The molecular formula is C21H22F5N3O3. The number of piperidine rings is 1. The van der Waals surface area contributed by atoms with Crippen LogP contribution >= 0.6 is 0 Å². The predicted molar refractivity (Wildman–Crippen MR) is 105 cm³/mol. The van der Waals surface area contributed by atoms with Crippen molar-refractivity contribution in [1.82, 2.24) is 9.88 Å². The van der Waals surface area contributed by atoms with Crippen molar-refractivity contribution < 1.29 is 36.6 Å². The zero-order valence-corrected chi connectivity index (χ0v) is 16.9. The molecule has 6 nitrogen and oxygen atoms in total. The van der Waals surface area contributed by atoms with Gasteiger partial charge in [-0.2, -0.15) is 13.2 Å². The van der Waals surface area contributed by atoms with E-state index in [0.29, 0.717) is 25.9 Å². The summed E-state index contributed by atoms with van der Waals surface area (Å²) in [6, 6.07) is 4.75. The first-order valence-electron chi connectivity index (χ1n) is 9.66. The van der Waals surface area contributed by atoms with Gasteiger partial charge >= 0.3 is 6.18 Å². The van der Waals surface area contributed by atoms with Gasteiger partial charge in [-0.15, -0.1) is 0 Å². The van der Waals surface area contributed by atoms with E-state index >= 15 is 0 Å². The topological polar surface area (TPSA) is 96.5 Å². The van der Waals surface area contributed by atoms with Crippen LogP contribution in [0.25, 0.3) is 0 Å². The van der Waals surface area contributed by atoms with Gasteiger partial charge in [0.05, 0.1) is 5.56 Å². The molecule has 1 unspecified atom stereocenters. The van der Waals surface area contributed by atoms with E-state index in [2.05, 4.69) is 4.98 Å². The van der Waals surface area contributed by atoms with Crippen molar-refractivity contribution in [1.29, 1.82) is 0 Å². The predicted octanol–water partition coefficient (Wildman–Crippen LogP) is 3.50. The summed E-state index contributed by atoms with van der Waals surface area (Å²) in [6.45, 7) is 0.508. The molecule has 1 amide bonds. The van der Waals surface area contributed by atoms with Crippen LogP contribution in [0.1, 0.15) is 34.5 Å². The van der Waals surface area contributed by atoms with Crippen molar-refractivity contribution in [2.24, 2.45) is 11.7 Å². The van der Waals surface area contributed by atoms with E-state index in [9.17, 15) is 26.7 Å². The number of nitrogens with two attached hydrogens (primary N) is 1. The quantitative estimate of drug-likeness (QED) is 0.539. The molecule has 0 saturated carbocycles. The second kappa shape index (κ2) is 11.0. The van der Waals surface area contributed by atoms with Gasteiger partial charge in [0.1, 0.15) is 17.3 Å². The van der Waals surface area contributed by atoms with Crippen LogP contribution < -0.4 is 5.73 Å². The first kappa shape index (κ1) is 25.2. The molecule has 1 aromatic heterocycles. The number of carbonyl (C=O) groups excluding carboxylic acids is 1. The molecule has 0 bridgehead atoms. The molecule has 3 rings (SSSR count). The summed E-state index contributed by atoms with van der Waals surface area (Å²) in [5.74, 6) is -1.41. The lowest BCUT2D eigenvalue weighted by molar-refractivity contribution is -0.141. The van der Waals surface area contributed by atoms with Crippen molar-refractivity contribution in [2.75, 3.05) is 13.1 Å². The first-order valence-corrected chi connectivity index (χ1v) is 9.66. The van der Waals surface area contributed by atoms with Gasteiger partial charge in [-0.25, -0.2) is 8.78 Å². The molecule has 2 heterocycles. The van der Waals surface area contributed by atoms with Crippen LogP contribution in [-0.4, -0.2) is 46.5 Å². The molecule has 1 fully saturated rings. The smallest absolute Gasteiger partial charge is 0.433 e. The van der Waals surface area contributed by atoms with Crippen molar-refractivity contribution in [3.8, 4) is 0 Å². The number of hydrogen-bond acceptors (Lipinski definition) is 4. The fraction of sp³-hybridized carbons (Fsp3) is 0.381.